The zero-order valence-corrected chi connectivity index (χ0v) is 9.87. The fourth-order valence-electron chi connectivity index (χ4n) is 2.25. The van der Waals surface area contributed by atoms with Crippen LogP contribution in [0.1, 0.15) is 39.5 Å². The lowest BCUT2D eigenvalue weighted by Gasteiger charge is -2.37. The van der Waals surface area contributed by atoms with E-state index < -0.39 is 5.60 Å². The Morgan fingerprint density at radius 2 is 2.07 bits per heavy atom. The highest BCUT2D eigenvalue weighted by atomic mass is 16.3. The summed E-state index contributed by atoms with van der Waals surface area (Å²) in [6, 6.07) is 2.15. The van der Waals surface area contributed by atoms with Gasteiger partial charge < -0.3 is 5.11 Å². The molecule has 0 atom stereocenters. The highest BCUT2D eigenvalue weighted by Gasteiger charge is 2.33. The average Bonchev–Trinajstić information content (AvgIpc) is 2.22. The van der Waals surface area contributed by atoms with Crippen LogP contribution in [0.25, 0.3) is 0 Å². The summed E-state index contributed by atoms with van der Waals surface area (Å²) in [4.78, 5) is 2.02. The van der Waals surface area contributed by atoms with Crippen LogP contribution in [0.2, 0.25) is 0 Å². The van der Waals surface area contributed by atoms with Crippen molar-refractivity contribution in [1.29, 1.82) is 5.26 Å². The summed E-state index contributed by atoms with van der Waals surface area (Å²) in [7, 11) is 0. The molecule has 1 fully saturated rings. The van der Waals surface area contributed by atoms with Crippen molar-refractivity contribution in [3.63, 3.8) is 0 Å². The molecule has 0 unspecified atom stereocenters. The highest BCUT2D eigenvalue weighted by Crippen LogP contribution is 2.32. The van der Waals surface area contributed by atoms with Gasteiger partial charge in [0, 0.05) is 6.54 Å². The number of hydrogen-bond acceptors (Lipinski definition) is 3. The molecule has 0 aromatic heterocycles. The minimum Gasteiger partial charge on any atom is -0.389 e. The molecule has 0 bridgehead atoms. The van der Waals surface area contributed by atoms with Gasteiger partial charge in [-0.15, -0.1) is 0 Å². The third-order valence-corrected chi connectivity index (χ3v) is 3.46. The third-order valence-electron chi connectivity index (χ3n) is 3.46. The quantitative estimate of drug-likeness (QED) is 0.719. The van der Waals surface area contributed by atoms with Crippen molar-refractivity contribution < 1.29 is 5.11 Å². The fourth-order valence-corrected chi connectivity index (χ4v) is 2.25. The molecular formula is C12H22N2O. The number of rotatable bonds is 4. The first-order valence-electron chi connectivity index (χ1n) is 5.91. The summed E-state index contributed by atoms with van der Waals surface area (Å²) in [5.41, 5.74) is -0.542. The summed E-state index contributed by atoms with van der Waals surface area (Å²) >= 11 is 0. The number of nitriles is 1. The second-order valence-corrected chi connectivity index (χ2v) is 4.87. The molecule has 1 N–H and O–H groups in total. The van der Waals surface area contributed by atoms with E-state index in [1.54, 1.807) is 0 Å². The zero-order valence-electron chi connectivity index (χ0n) is 9.87. The van der Waals surface area contributed by atoms with E-state index in [1.807, 2.05) is 11.8 Å². The molecule has 3 heteroatoms. The molecule has 3 nitrogen and oxygen atoms in total. The van der Waals surface area contributed by atoms with E-state index in [0.29, 0.717) is 13.1 Å². The predicted octanol–water partition coefficient (Wildman–Crippen LogP) is 1.77. The second kappa shape index (κ2) is 5.48. The van der Waals surface area contributed by atoms with Crippen LogP contribution in [0.5, 0.6) is 0 Å². The lowest BCUT2D eigenvalue weighted by Crippen LogP contribution is -2.45. The number of aliphatic hydroxyl groups is 1. The van der Waals surface area contributed by atoms with Gasteiger partial charge in [0.15, 0.2) is 0 Å². The Bertz CT molecular complexity index is 226. The minimum absolute atomic E-state index is 0.425. The van der Waals surface area contributed by atoms with Crippen LogP contribution >= 0.6 is 0 Å². The number of hydrogen-bond donors (Lipinski definition) is 1. The van der Waals surface area contributed by atoms with Crippen molar-refractivity contribution in [3.05, 3.63) is 0 Å². The van der Waals surface area contributed by atoms with Crippen LogP contribution in [0.15, 0.2) is 0 Å². The van der Waals surface area contributed by atoms with Crippen molar-refractivity contribution in [2.24, 2.45) is 5.92 Å². The van der Waals surface area contributed by atoms with Crippen molar-refractivity contribution in [2.75, 3.05) is 19.6 Å². The van der Waals surface area contributed by atoms with E-state index in [-0.39, 0.29) is 0 Å². The van der Waals surface area contributed by atoms with Crippen LogP contribution in [0.4, 0.5) is 0 Å². The van der Waals surface area contributed by atoms with E-state index >= 15 is 0 Å². The molecule has 0 aromatic rings. The smallest absolute Gasteiger partial charge is 0.0866 e. The predicted molar refractivity (Wildman–Crippen MR) is 60.3 cm³/mol. The standard InChI is InChI=1S/C12H22N2O/c1-3-14(9-8-13)10-12(15)6-4-11(2)5-7-12/h11,15H,3-7,9-10H2,1-2H3. The van der Waals surface area contributed by atoms with Crippen LogP contribution in [-0.4, -0.2) is 35.2 Å². The van der Waals surface area contributed by atoms with Gasteiger partial charge in [0.2, 0.25) is 0 Å². The molecule has 15 heavy (non-hydrogen) atoms. The normalized spacial score (nSPS) is 31.5. The highest BCUT2D eigenvalue weighted by molar-refractivity contribution is 4.89. The molecule has 1 saturated carbocycles. The number of nitrogens with zero attached hydrogens (tertiary/aromatic N) is 2. The molecule has 0 heterocycles. The maximum Gasteiger partial charge on any atom is 0.0866 e. The molecule has 1 aliphatic carbocycles. The lowest BCUT2D eigenvalue weighted by atomic mass is 9.79. The van der Waals surface area contributed by atoms with E-state index in [1.165, 1.54) is 0 Å². The lowest BCUT2D eigenvalue weighted by molar-refractivity contribution is -0.0316. The molecule has 1 aliphatic rings. The largest absolute Gasteiger partial charge is 0.389 e. The van der Waals surface area contributed by atoms with Crippen LogP contribution in [0, 0.1) is 17.2 Å². The Labute approximate surface area is 92.7 Å². The molecule has 0 spiro atoms. The molecule has 0 aromatic carbocycles. The maximum absolute atomic E-state index is 10.4. The summed E-state index contributed by atoms with van der Waals surface area (Å²) in [6.45, 7) is 6.20. The topological polar surface area (TPSA) is 47.3 Å². The van der Waals surface area contributed by atoms with Gasteiger partial charge in [0.05, 0.1) is 18.2 Å². The van der Waals surface area contributed by atoms with Crippen LogP contribution in [-0.2, 0) is 0 Å². The second-order valence-electron chi connectivity index (χ2n) is 4.87. The van der Waals surface area contributed by atoms with Gasteiger partial charge in [-0.1, -0.05) is 13.8 Å². The molecule has 86 valence electrons. The van der Waals surface area contributed by atoms with Crippen LogP contribution < -0.4 is 0 Å². The van der Waals surface area contributed by atoms with Gasteiger partial charge in [0.25, 0.3) is 0 Å². The summed E-state index contributed by atoms with van der Waals surface area (Å²) in [6.07, 6.45) is 3.99. The molecule has 0 saturated heterocycles. The summed E-state index contributed by atoms with van der Waals surface area (Å²) < 4.78 is 0. The summed E-state index contributed by atoms with van der Waals surface area (Å²) in [5, 5.41) is 19.0. The Morgan fingerprint density at radius 1 is 1.47 bits per heavy atom. The first-order valence-corrected chi connectivity index (χ1v) is 5.91. The van der Waals surface area contributed by atoms with Gasteiger partial charge in [-0.05, 0) is 38.1 Å². The Hall–Kier alpha value is -0.590. The van der Waals surface area contributed by atoms with Crippen molar-refractivity contribution in [1.82, 2.24) is 4.90 Å². The van der Waals surface area contributed by atoms with Crippen molar-refractivity contribution in [3.8, 4) is 6.07 Å². The van der Waals surface area contributed by atoms with Gasteiger partial charge >= 0.3 is 0 Å². The summed E-state index contributed by atoms with van der Waals surface area (Å²) in [5.74, 6) is 0.747. The van der Waals surface area contributed by atoms with Gasteiger partial charge in [0.1, 0.15) is 0 Å². The zero-order chi connectivity index (χ0) is 11.3. The first-order chi connectivity index (χ1) is 7.09. The number of likely N-dealkylation sites (N-methyl/N-ethyl adjacent to an activating group) is 1. The third kappa shape index (κ3) is 3.81. The van der Waals surface area contributed by atoms with E-state index in [4.69, 9.17) is 5.26 Å². The van der Waals surface area contributed by atoms with E-state index in [0.717, 1.165) is 38.1 Å². The molecule has 0 amide bonds. The SMILES string of the molecule is CCN(CC#N)CC1(O)CCC(C)CC1. The van der Waals surface area contributed by atoms with E-state index in [2.05, 4.69) is 13.0 Å². The Balaban J connectivity index is 2.45. The average molecular weight is 210 g/mol. The molecular weight excluding hydrogens is 188 g/mol. The van der Waals surface area contributed by atoms with Gasteiger partial charge in [-0.25, -0.2) is 0 Å². The van der Waals surface area contributed by atoms with Crippen molar-refractivity contribution >= 4 is 0 Å². The van der Waals surface area contributed by atoms with Gasteiger partial charge in [-0.2, -0.15) is 5.26 Å². The monoisotopic (exact) mass is 210 g/mol. The maximum atomic E-state index is 10.4. The first kappa shape index (κ1) is 12.5. The van der Waals surface area contributed by atoms with E-state index in [9.17, 15) is 5.11 Å². The Kier molecular flexibility index (Phi) is 4.56. The molecule has 1 rings (SSSR count). The molecule has 0 radical (unpaired) electrons. The van der Waals surface area contributed by atoms with Crippen molar-refractivity contribution in [2.45, 2.75) is 45.1 Å². The minimum atomic E-state index is -0.542. The fraction of sp³-hybridized carbons (Fsp3) is 0.917. The Morgan fingerprint density at radius 3 is 2.53 bits per heavy atom. The molecule has 0 aliphatic heterocycles. The van der Waals surface area contributed by atoms with Crippen LogP contribution in [0.3, 0.4) is 0 Å². The van der Waals surface area contributed by atoms with Gasteiger partial charge in [-0.3, -0.25) is 4.90 Å².